The first-order valence-electron chi connectivity index (χ1n) is 9.32. The summed E-state index contributed by atoms with van der Waals surface area (Å²) in [5.41, 5.74) is 4.16. The number of aryl methyl sites for hydroxylation is 3. The molecule has 29 heavy (non-hydrogen) atoms. The van der Waals surface area contributed by atoms with E-state index in [0.29, 0.717) is 22.6 Å². The molecule has 148 valence electrons. The first-order chi connectivity index (χ1) is 14.0. The average Bonchev–Trinajstić information content (AvgIpc) is 3.31. The molecule has 3 heterocycles. The molecular formula is C21H22N6O2. The van der Waals surface area contributed by atoms with Crippen LogP contribution in [0.15, 0.2) is 42.7 Å². The third kappa shape index (κ3) is 3.44. The van der Waals surface area contributed by atoms with Crippen molar-refractivity contribution in [2.45, 2.75) is 20.4 Å². The van der Waals surface area contributed by atoms with E-state index in [1.807, 2.05) is 45.2 Å². The van der Waals surface area contributed by atoms with Crippen molar-refractivity contribution in [2.75, 3.05) is 12.4 Å². The number of pyridine rings is 1. The predicted molar refractivity (Wildman–Crippen MR) is 111 cm³/mol. The standard InChI is InChI=1S/C21H22N6O2/c1-5-27-12-15(11-22-27)23-21(28)17-10-18(14-6-8-16(29-4)9-7-14)24-20-19(17)13(2)25-26(20)3/h6-12H,5H2,1-4H3,(H,23,28). The van der Waals surface area contributed by atoms with Crippen LogP contribution in [0.1, 0.15) is 23.0 Å². The summed E-state index contributed by atoms with van der Waals surface area (Å²) in [6.07, 6.45) is 3.44. The van der Waals surface area contributed by atoms with Crippen LogP contribution in [-0.4, -0.2) is 37.6 Å². The highest BCUT2D eigenvalue weighted by Gasteiger charge is 2.20. The van der Waals surface area contributed by atoms with Crippen molar-refractivity contribution in [3.63, 3.8) is 0 Å². The minimum Gasteiger partial charge on any atom is -0.497 e. The lowest BCUT2D eigenvalue weighted by Gasteiger charge is -2.09. The van der Waals surface area contributed by atoms with Crippen molar-refractivity contribution in [3.8, 4) is 17.0 Å². The Morgan fingerprint density at radius 1 is 1.24 bits per heavy atom. The quantitative estimate of drug-likeness (QED) is 0.564. The topological polar surface area (TPSA) is 86.9 Å². The van der Waals surface area contributed by atoms with Gasteiger partial charge in [-0.2, -0.15) is 10.2 Å². The number of nitrogens with zero attached hydrogens (tertiary/aromatic N) is 5. The van der Waals surface area contributed by atoms with Crippen LogP contribution >= 0.6 is 0 Å². The van der Waals surface area contributed by atoms with Gasteiger partial charge in [-0.1, -0.05) is 0 Å². The fraction of sp³-hybridized carbons (Fsp3) is 0.238. The molecular weight excluding hydrogens is 368 g/mol. The van der Waals surface area contributed by atoms with Crippen molar-refractivity contribution < 1.29 is 9.53 Å². The summed E-state index contributed by atoms with van der Waals surface area (Å²) in [5.74, 6) is 0.538. The maximum atomic E-state index is 13.1. The minimum atomic E-state index is -0.223. The molecule has 0 aliphatic rings. The number of carbonyl (C=O) groups excluding carboxylic acids is 1. The molecule has 4 rings (SSSR count). The molecule has 1 N–H and O–H groups in total. The van der Waals surface area contributed by atoms with E-state index in [1.54, 1.807) is 34.9 Å². The highest BCUT2D eigenvalue weighted by molar-refractivity contribution is 6.13. The van der Waals surface area contributed by atoms with Crippen LogP contribution in [0.4, 0.5) is 5.69 Å². The number of ether oxygens (including phenoxy) is 1. The molecule has 3 aromatic heterocycles. The van der Waals surface area contributed by atoms with Gasteiger partial charge >= 0.3 is 0 Å². The molecule has 0 bridgehead atoms. The highest BCUT2D eigenvalue weighted by atomic mass is 16.5. The summed E-state index contributed by atoms with van der Waals surface area (Å²) in [6.45, 7) is 4.60. The number of methoxy groups -OCH3 is 1. The fourth-order valence-electron chi connectivity index (χ4n) is 3.33. The molecule has 1 amide bonds. The van der Waals surface area contributed by atoms with Crippen LogP contribution in [0.25, 0.3) is 22.3 Å². The first kappa shape index (κ1) is 18.7. The van der Waals surface area contributed by atoms with Crippen molar-refractivity contribution in [3.05, 3.63) is 54.0 Å². The van der Waals surface area contributed by atoms with E-state index in [4.69, 9.17) is 9.72 Å². The summed E-state index contributed by atoms with van der Waals surface area (Å²) in [6, 6.07) is 9.38. The zero-order valence-corrected chi connectivity index (χ0v) is 16.8. The number of rotatable bonds is 5. The Morgan fingerprint density at radius 2 is 2.00 bits per heavy atom. The second-order valence-electron chi connectivity index (χ2n) is 6.73. The maximum Gasteiger partial charge on any atom is 0.256 e. The Balaban J connectivity index is 1.81. The van der Waals surface area contributed by atoms with Gasteiger partial charge in [-0.15, -0.1) is 0 Å². The smallest absolute Gasteiger partial charge is 0.256 e. The number of benzene rings is 1. The van der Waals surface area contributed by atoms with Crippen LogP contribution in [0.3, 0.4) is 0 Å². The number of anilines is 1. The molecule has 0 saturated heterocycles. The number of fused-ring (bicyclic) bond motifs is 1. The van der Waals surface area contributed by atoms with Crippen LogP contribution in [-0.2, 0) is 13.6 Å². The highest BCUT2D eigenvalue weighted by Crippen LogP contribution is 2.28. The van der Waals surface area contributed by atoms with E-state index in [2.05, 4.69) is 15.5 Å². The molecule has 0 spiro atoms. The largest absolute Gasteiger partial charge is 0.497 e. The van der Waals surface area contributed by atoms with Gasteiger partial charge < -0.3 is 10.1 Å². The van der Waals surface area contributed by atoms with E-state index in [1.165, 1.54) is 0 Å². The fourth-order valence-corrected chi connectivity index (χ4v) is 3.33. The Labute approximate surface area is 168 Å². The number of aromatic nitrogens is 5. The van der Waals surface area contributed by atoms with Gasteiger partial charge in [0.05, 0.1) is 41.3 Å². The molecule has 0 atom stereocenters. The maximum absolute atomic E-state index is 13.1. The molecule has 1 aromatic carbocycles. The zero-order chi connectivity index (χ0) is 20.5. The molecule has 0 radical (unpaired) electrons. The summed E-state index contributed by atoms with van der Waals surface area (Å²) in [4.78, 5) is 17.9. The van der Waals surface area contributed by atoms with Crippen molar-refractivity contribution in [1.82, 2.24) is 24.5 Å². The summed E-state index contributed by atoms with van der Waals surface area (Å²) >= 11 is 0. The first-order valence-corrected chi connectivity index (χ1v) is 9.32. The molecule has 0 unspecified atom stereocenters. The molecule has 0 aliphatic carbocycles. The number of amides is 1. The zero-order valence-electron chi connectivity index (χ0n) is 16.8. The van der Waals surface area contributed by atoms with Crippen molar-refractivity contribution in [2.24, 2.45) is 7.05 Å². The molecule has 0 saturated carbocycles. The monoisotopic (exact) mass is 390 g/mol. The van der Waals surface area contributed by atoms with Crippen molar-refractivity contribution in [1.29, 1.82) is 0 Å². The number of hydrogen-bond donors (Lipinski definition) is 1. The molecule has 8 heteroatoms. The van der Waals surface area contributed by atoms with Crippen molar-refractivity contribution >= 4 is 22.6 Å². The third-order valence-corrected chi connectivity index (χ3v) is 4.81. The third-order valence-electron chi connectivity index (χ3n) is 4.81. The van der Waals surface area contributed by atoms with Gasteiger partial charge in [0.15, 0.2) is 5.65 Å². The minimum absolute atomic E-state index is 0.223. The number of carbonyl (C=O) groups is 1. The normalized spacial score (nSPS) is 11.0. The lowest BCUT2D eigenvalue weighted by atomic mass is 10.0. The van der Waals surface area contributed by atoms with E-state index in [-0.39, 0.29) is 5.91 Å². The second-order valence-corrected chi connectivity index (χ2v) is 6.73. The van der Waals surface area contributed by atoms with E-state index in [9.17, 15) is 4.79 Å². The Hall–Kier alpha value is -3.68. The van der Waals surface area contributed by atoms with E-state index >= 15 is 0 Å². The number of nitrogens with one attached hydrogen (secondary N) is 1. The molecule has 0 aliphatic heterocycles. The van der Waals surface area contributed by atoms with E-state index in [0.717, 1.165) is 28.9 Å². The van der Waals surface area contributed by atoms with Gasteiger partial charge in [0.2, 0.25) is 0 Å². The Kier molecular flexibility index (Phi) is 4.75. The van der Waals surface area contributed by atoms with Gasteiger partial charge in [-0.25, -0.2) is 4.98 Å². The Morgan fingerprint density at radius 3 is 2.66 bits per heavy atom. The van der Waals surface area contributed by atoms with Gasteiger partial charge in [0, 0.05) is 25.4 Å². The lowest BCUT2D eigenvalue weighted by molar-refractivity contribution is 0.102. The van der Waals surface area contributed by atoms with Crippen LogP contribution in [0.2, 0.25) is 0 Å². The van der Waals surface area contributed by atoms with Crippen LogP contribution in [0.5, 0.6) is 5.75 Å². The van der Waals surface area contributed by atoms with Gasteiger partial charge in [0.1, 0.15) is 5.75 Å². The SMILES string of the molecule is CCn1cc(NC(=O)c2cc(-c3ccc(OC)cc3)nc3c2c(C)nn3C)cn1. The van der Waals surface area contributed by atoms with Crippen LogP contribution < -0.4 is 10.1 Å². The summed E-state index contributed by atoms with van der Waals surface area (Å²) < 4.78 is 8.69. The second kappa shape index (κ2) is 7.38. The molecule has 0 fully saturated rings. The van der Waals surface area contributed by atoms with Gasteiger partial charge in [0.25, 0.3) is 5.91 Å². The van der Waals surface area contributed by atoms with Gasteiger partial charge in [-0.05, 0) is 44.2 Å². The summed E-state index contributed by atoms with van der Waals surface area (Å²) in [7, 11) is 3.45. The molecule has 4 aromatic rings. The average molecular weight is 390 g/mol. The van der Waals surface area contributed by atoms with E-state index < -0.39 is 0 Å². The Bertz CT molecular complexity index is 1190. The summed E-state index contributed by atoms with van der Waals surface area (Å²) in [5, 5.41) is 12.3. The predicted octanol–water partition coefficient (Wildman–Crippen LogP) is 3.42. The lowest BCUT2D eigenvalue weighted by Crippen LogP contribution is -2.13. The number of hydrogen-bond acceptors (Lipinski definition) is 5. The van der Waals surface area contributed by atoms with Gasteiger partial charge in [-0.3, -0.25) is 14.2 Å². The molecule has 8 nitrogen and oxygen atoms in total. The van der Waals surface area contributed by atoms with Crippen LogP contribution in [0, 0.1) is 6.92 Å².